The van der Waals surface area contributed by atoms with Gasteiger partial charge in [0.2, 0.25) is 5.91 Å². The van der Waals surface area contributed by atoms with E-state index in [1.54, 1.807) is 5.51 Å². The van der Waals surface area contributed by atoms with Crippen LogP contribution in [0.2, 0.25) is 0 Å². The number of carbonyl (C=O) groups is 1. The Morgan fingerprint density at radius 2 is 2.50 bits per heavy atom. The van der Waals surface area contributed by atoms with Gasteiger partial charge in [0.25, 0.3) is 0 Å². The number of aryl methyl sites for hydroxylation is 1. The molecule has 0 aromatic carbocycles. The Kier molecular flexibility index (Phi) is 2.81. The molecule has 66 valence electrons. The normalized spacial score (nSPS) is 12.8. The highest BCUT2D eigenvalue weighted by Gasteiger charge is 2.16. The molecule has 1 heterocycles. The molecule has 1 unspecified atom stereocenters. The maximum Gasteiger partial charge on any atom is 0.225 e. The van der Waals surface area contributed by atoms with E-state index >= 15 is 0 Å². The number of primary amides is 1. The summed E-state index contributed by atoms with van der Waals surface area (Å²) in [5, 5.41) is 0. The van der Waals surface area contributed by atoms with Crippen LogP contribution >= 0.6 is 11.3 Å². The van der Waals surface area contributed by atoms with Gasteiger partial charge in [-0.2, -0.15) is 0 Å². The first-order chi connectivity index (χ1) is 5.66. The molecule has 0 aliphatic heterocycles. The molecule has 1 atom stereocenters. The second kappa shape index (κ2) is 3.67. The molecule has 1 aromatic rings. The molecule has 12 heavy (non-hydrogen) atoms. The number of nitrogens with zero attached hydrogens (tertiary/aromatic N) is 1. The van der Waals surface area contributed by atoms with E-state index in [-0.39, 0.29) is 11.8 Å². The van der Waals surface area contributed by atoms with Crippen LogP contribution in [-0.2, 0) is 11.2 Å². The average Bonchev–Trinajstić information content (AvgIpc) is 2.49. The highest BCUT2D eigenvalue weighted by molar-refractivity contribution is 7.10. The Morgan fingerprint density at radius 1 is 1.83 bits per heavy atom. The maximum atomic E-state index is 10.9. The van der Waals surface area contributed by atoms with Gasteiger partial charge in [-0.25, -0.2) is 4.98 Å². The Labute approximate surface area is 75.6 Å². The zero-order valence-electron chi connectivity index (χ0n) is 7.20. The van der Waals surface area contributed by atoms with Gasteiger partial charge in [0.05, 0.1) is 17.1 Å². The molecule has 0 aliphatic carbocycles. The topological polar surface area (TPSA) is 56.0 Å². The monoisotopic (exact) mass is 184 g/mol. The van der Waals surface area contributed by atoms with Gasteiger partial charge in [-0.15, -0.1) is 11.3 Å². The summed E-state index contributed by atoms with van der Waals surface area (Å²) in [4.78, 5) is 16.0. The molecule has 0 radical (unpaired) electrons. The molecule has 4 heteroatoms. The van der Waals surface area contributed by atoms with Gasteiger partial charge in [-0.1, -0.05) is 6.92 Å². The number of hydrogen-bond acceptors (Lipinski definition) is 3. The SMILES string of the molecule is CCc1ncsc1C(C)C(N)=O. The number of nitrogens with two attached hydrogens (primary N) is 1. The first-order valence-corrected chi connectivity index (χ1v) is 4.76. The van der Waals surface area contributed by atoms with Crippen molar-refractivity contribution in [1.82, 2.24) is 4.98 Å². The highest BCUT2D eigenvalue weighted by atomic mass is 32.1. The van der Waals surface area contributed by atoms with Crippen molar-refractivity contribution < 1.29 is 4.79 Å². The predicted molar refractivity (Wildman–Crippen MR) is 49.1 cm³/mol. The van der Waals surface area contributed by atoms with E-state index < -0.39 is 0 Å². The molecular formula is C8H12N2OS. The summed E-state index contributed by atoms with van der Waals surface area (Å²) >= 11 is 1.50. The third-order valence-electron chi connectivity index (χ3n) is 1.83. The quantitative estimate of drug-likeness (QED) is 0.769. The largest absolute Gasteiger partial charge is 0.369 e. The van der Waals surface area contributed by atoms with Crippen LogP contribution in [0.3, 0.4) is 0 Å². The first-order valence-electron chi connectivity index (χ1n) is 3.88. The van der Waals surface area contributed by atoms with E-state index in [1.165, 1.54) is 11.3 Å². The second-order valence-electron chi connectivity index (χ2n) is 2.64. The summed E-state index contributed by atoms with van der Waals surface area (Å²) in [6.45, 7) is 3.83. The van der Waals surface area contributed by atoms with Crippen molar-refractivity contribution in [2.24, 2.45) is 5.73 Å². The van der Waals surface area contributed by atoms with Gasteiger partial charge in [0.15, 0.2) is 0 Å². The smallest absolute Gasteiger partial charge is 0.225 e. The molecule has 1 amide bonds. The number of rotatable bonds is 3. The van der Waals surface area contributed by atoms with E-state index in [9.17, 15) is 4.79 Å². The van der Waals surface area contributed by atoms with Gasteiger partial charge in [-0.05, 0) is 13.3 Å². The van der Waals surface area contributed by atoms with Crippen LogP contribution in [0, 0.1) is 0 Å². The van der Waals surface area contributed by atoms with E-state index in [2.05, 4.69) is 4.98 Å². The summed E-state index contributed by atoms with van der Waals surface area (Å²) in [6.07, 6.45) is 0.858. The van der Waals surface area contributed by atoms with Gasteiger partial charge in [0, 0.05) is 4.88 Å². The molecule has 0 saturated carbocycles. The molecule has 0 aliphatic rings. The number of thiazole rings is 1. The van der Waals surface area contributed by atoms with Crippen LogP contribution in [0.25, 0.3) is 0 Å². The van der Waals surface area contributed by atoms with E-state index in [1.807, 2.05) is 13.8 Å². The lowest BCUT2D eigenvalue weighted by molar-refractivity contribution is -0.119. The zero-order valence-corrected chi connectivity index (χ0v) is 8.02. The van der Waals surface area contributed by atoms with Crippen LogP contribution in [0.15, 0.2) is 5.51 Å². The molecule has 0 bridgehead atoms. The van der Waals surface area contributed by atoms with Crippen molar-refractivity contribution in [3.05, 3.63) is 16.1 Å². The molecule has 0 spiro atoms. The second-order valence-corrected chi connectivity index (χ2v) is 3.53. The highest BCUT2D eigenvalue weighted by Crippen LogP contribution is 2.23. The first kappa shape index (κ1) is 9.19. The van der Waals surface area contributed by atoms with E-state index in [0.29, 0.717) is 0 Å². The minimum absolute atomic E-state index is 0.201. The predicted octanol–water partition coefficient (Wildman–Crippen LogP) is 1.29. The third-order valence-corrected chi connectivity index (χ3v) is 2.88. The third kappa shape index (κ3) is 1.64. The molecule has 3 nitrogen and oxygen atoms in total. The van der Waals surface area contributed by atoms with Crippen LogP contribution < -0.4 is 5.73 Å². The molecule has 0 fully saturated rings. The number of hydrogen-bond donors (Lipinski definition) is 1. The van der Waals surface area contributed by atoms with Crippen molar-refractivity contribution >= 4 is 17.2 Å². The summed E-state index contributed by atoms with van der Waals surface area (Å²) < 4.78 is 0. The van der Waals surface area contributed by atoms with Gasteiger partial charge in [0.1, 0.15) is 0 Å². The average molecular weight is 184 g/mol. The van der Waals surface area contributed by atoms with Crippen molar-refractivity contribution in [3.63, 3.8) is 0 Å². The molecular weight excluding hydrogens is 172 g/mol. The lowest BCUT2D eigenvalue weighted by atomic mass is 10.1. The summed E-state index contributed by atoms with van der Waals surface area (Å²) in [7, 11) is 0. The Hall–Kier alpha value is -0.900. The number of carbonyl (C=O) groups excluding carboxylic acids is 1. The number of aromatic nitrogens is 1. The van der Waals surface area contributed by atoms with Crippen LogP contribution in [0.5, 0.6) is 0 Å². The fraction of sp³-hybridized carbons (Fsp3) is 0.500. The Morgan fingerprint density at radius 3 is 3.00 bits per heavy atom. The van der Waals surface area contributed by atoms with Crippen molar-refractivity contribution in [2.45, 2.75) is 26.2 Å². The fourth-order valence-electron chi connectivity index (χ4n) is 1.03. The molecule has 1 aromatic heterocycles. The van der Waals surface area contributed by atoms with Crippen molar-refractivity contribution in [3.8, 4) is 0 Å². The van der Waals surface area contributed by atoms with Crippen LogP contribution in [-0.4, -0.2) is 10.9 Å². The molecule has 2 N–H and O–H groups in total. The fourth-order valence-corrected chi connectivity index (χ4v) is 1.97. The number of amides is 1. The van der Waals surface area contributed by atoms with Gasteiger partial charge >= 0.3 is 0 Å². The van der Waals surface area contributed by atoms with Gasteiger partial charge < -0.3 is 5.73 Å². The summed E-state index contributed by atoms with van der Waals surface area (Å²) in [5.74, 6) is -0.485. The van der Waals surface area contributed by atoms with E-state index in [0.717, 1.165) is 17.0 Å². The van der Waals surface area contributed by atoms with E-state index in [4.69, 9.17) is 5.73 Å². The lowest BCUT2D eigenvalue weighted by Crippen LogP contribution is -2.18. The standard InChI is InChI=1S/C8H12N2OS/c1-3-6-7(12-4-10-6)5(2)8(9)11/h4-5H,3H2,1-2H3,(H2,9,11). The lowest BCUT2D eigenvalue weighted by Gasteiger charge is -2.04. The molecule has 1 rings (SSSR count). The Bertz CT molecular complexity index is 282. The molecule has 0 saturated heterocycles. The van der Waals surface area contributed by atoms with Crippen LogP contribution in [0.4, 0.5) is 0 Å². The minimum Gasteiger partial charge on any atom is -0.369 e. The maximum absolute atomic E-state index is 10.9. The zero-order chi connectivity index (χ0) is 9.14. The summed E-state index contributed by atoms with van der Waals surface area (Å²) in [6, 6.07) is 0. The van der Waals surface area contributed by atoms with Crippen molar-refractivity contribution in [1.29, 1.82) is 0 Å². The van der Waals surface area contributed by atoms with Crippen molar-refractivity contribution in [2.75, 3.05) is 0 Å². The van der Waals surface area contributed by atoms with Crippen LogP contribution in [0.1, 0.15) is 30.3 Å². The minimum atomic E-state index is -0.283. The Balaban J connectivity index is 2.93. The summed E-state index contributed by atoms with van der Waals surface area (Å²) in [5.41, 5.74) is 7.94. The van der Waals surface area contributed by atoms with Gasteiger partial charge in [-0.3, -0.25) is 4.79 Å².